The van der Waals surface area contributed by atoms with Crippen molar-refractivity contribution >= 4 is 33.2 Å². The zero-order chi connectivity index (χ0) is 23.5. The predicted molar refractivity (Wildman–Crippen MR) is 127 cm³/mol. The Morgan fingerprint density at radius 2 is 1.72 bits per heavy atom. The summed E-state index contributed by atoms with van der Waals surface area (Å²) >= 11 is 0. The molecule has 1 aliphatic heterocycles. The van der Waals surface area contributed by atoms with Crippen molar-refractivity contribution in [3.63, 3.8) is 0 Å². The fraction of sp³-hybridized carbons (Fsp3) is 0.417. The average Bonchev–Trinajstić information content (AvgIpc) is 2.77. The van der Waals surface area contributed by atoms with Crippen LogP contribution in [0.4, 0.5) is 11.4 Å². The van der Waals surface area contributed by atoms with Crippen LogP contribution in [0.1, 0.15) is 54.6 Å². The quantitative estimate of drug-likeness (QED) is 0.678. The fourth-order valence-electron chi connectivity index (χ4n) is 3.88. The third kappa shape index (κ3) is 4.86. The number of aryl methyl sites for hydroxylation is 1. The normalized spacial score (nSPS) is 14.7. The molecule has 7 nitrogen and oxygen atoms in total. The number of nitrogens with one attached hydrogen (secondary N) is 1. The van der Waals surface area contributed by atoms with Crippen LogP contribution in [-0.2, 0) is 14.8 Å². The molecule has 1 saturated heterocycles. The highest BCUT2D eigenvalue weighted by Crippen LogP contribution is 2.27. The van der Waals surface area contributed by atoms with Crippen molar-refractivity contribution in [3.8, 4) is 0 Å². The number of anilines is 2. The molecule has 2 aromatic rings. The molecule has 0 bridgehead atoms. The van der Waals surface area contributed by atoms with Gasteiger partial charge in [-0.2, -0.15) is 4.31 Å². The van der Waals surface area contributed by atoms with Gasteiger partial charge in [0, 0.05) is 43.0 Å². The summed E-state index contributed by atoms with van der Waals surface area (Å²) in [6.07, 6.45) is 2.44. The highest BCUT2D eigenvalue weighted by Gasteiger charge is 2.24. The van der Waals surface area contributed by atoms with Gasteiger partial charge in [0.1, 0.15) is 0 Å². The van der Waals surface area contributed by atoms with E-state index in [0.29, 0.717) is 37.3 Å². The summed E-state index contributed by atoms with van der Waals surface area (Å²) in [7, 11) is -3.64. The molecule has 172 valence electrons. The summed E-state index contributed by atoms with van der Waals surface area (Å²) in [5, 5.41) is 2.86. The molecule has 0 aliphatic carbocycles. The second-order valence-electron chi connectivity index (χ2n) is 8.01. The Hall–Kier alpha value is -2.71. The number of hydrogen-bond donors (Lipinski definition) is 1. The zero-order valence-corrected chi connectivity index (χ0v) is 20.0. The third-order valence-corrected chi connectivity index (χ3v) is 8.02. The Kier molecular flexibility index (Phi) is 7.36. The van der Waals surface area contributed by atoms with Crippen LogP contribution < -0.4 is 10.2 Å². The Morgan fingerprint density at radius 1 is 1.06 bits per heavy atom. The van der Waals surface area contributed by atoms with Gasteiger partial charge >= 0.3 is 0 Å². The molecule has 0 atom stereocenters. The van der Waals surface area contributed by atoms with Crippen LogP contribution in [0.5, 0.6) is 0 Å². The molecule has 1 fully saturated rings. The van der Waals surface area contributed by atoms with E-state index in [-0.39, 0.29) is 16.7 Å². The van der Waals surface area contributed by atoms with Gasteiger partial charge < -0.3 is 10.2 Å². The summed E-state index contributed by atoms with van der Waals surface area (Å²) in [5.74, 6) is -0.229. The molecular formula is C24H31N3O4S. The second kappa shape index (κ2) is 9.83. The van der Waals surface area contributed by atoms with Gasteiger partial charge in [-0.3, -0.25) is 9.59 Å². The number of amides is 2. The number of benzene rings is 2. The molecule has 2 aromatic carbocycles. The molecule has 0 saturated carbocycles. The van der Waals surface area contributed by atoms with Gasteiger partial charge in [0.05, 0.1) is 4.90 Å². The van der Waals surface area contributed by atoms with Crippen molar-refractivity contribution in [2.45, 2.75) is 51.9 Å². The lowest BCUT2D eigenvalue weighted by Gasteiger charge is -2.26. The number of hydrogen-bond acceptors (Lipinski definition) is 4. The van der Waals surface area contributed by atoms with Crippen LogP contribution in [-0.4, -0.2) is 44.2 Å². The number of sulfonamides is 1. The fourth-order valence-corrected chi connectivity index (χ4v) is 5.45. The van der Waals surface area contributed by atoms with E-state index in [1.54, 1.807) is 49.1 Å². The number of rotatable bonds is 7. The minimum atomic E-state index is -3.64. The van der Waals surface area contributed by atoms with E-state index in [1.807, 2.05) is 13.8 Å². The second-order valence-corrected chi connectivity index (χ2v) is 9.94. The van der Waals surface area contributed by atoms with E-state index in [1.165, 1.54) is 10.4 Å². The molecule has 1 aliphatic rings. The number of carbonyl (C=O) groups is 2. The minimum absolute atomic E-state index is 0.103. The minimum Gasteiger partial charge on any atom is -0.322 e. The zero-order valence-electron chi connectivity index (χ0n) is 19.1. The van der Waals surface area contributed by atoms with Crippen molar-refractivity contribution in [1.82, 2.24) is 4.31 Å². The number of carbonyl (C=O) groups excluding carboxylic acids is 2. The highest BCUT2D eigenvalue weighted by molar-refractivity contribution is 7.89. The monoisotopic (exact) mass is 457 g/mol. The van der Waals surface area contributed by atoms with E-state index in [9.17, 15) is 18.0 Å². The first-order valence-corrected chi connectivity index (χ1v) is 12.5. The lowest BCUT2D eigenvalue weighted by Crippen LogP contribution is -2.35. The van der Waals surface area contributed by atoms with Crippen LogP contribution >= 0.6 is 0 Å². The smallest absolute Gasteiger partial charge is 0.255 e. The summed E-state index contributed by atoms with van der Waals surface area (Å²) in [6, 6.07) is 10.1. The first-order valence-electron chi connectivity index (χ1n) is 11.0. The van der Waals surface area contributed by atoms with Gasteiger partial charge in [-0.05, 0) is 74.2 Å². The molecule has 1 N–H and O–H groups in total. The first-order chi connectivity index (χ1) is 15.2. The van der Waals surface area contributed by atoms with Gasteiger partial charge in [-0.15, -0.1) is 0 Å². The summed E-state index contributed by atoms with van der Waals surface area (Å²) < 4.78 is 27.3. The van der Waals surface area contributed by atoms with Crippen LogP contribution in [0.25, 0.3) is 0 Å². The molecule has 0 spiro atoms. The van der Waals surface area contributed by atoms with E-state index in [4.69, 9.17) is 0 Å². The SMILES string of the molecule is CCN(CC)S(=O)(=O)c1cc(C)c(C)c(NC(=O)c2ccc(N3CCCCC3=O)cc2)c1. The Morgan fingerprint density at radius 3 is 2.31 bits per heavy atom. The van der Waals surface area contributed by atoms with E-state index in [2.05, 4.69) is 5.32 Å². The Labute approximate surface area is 190 Å². The van der Waals surface area contributed by atoms with Crippen LogP contribution in [0.3, 0.4) is 0 Å². The van der Waals surface area contributed by atoms with Crippen LogP contribution in [0.2, 0.25) is 0 Å². The van der Waals surface area contributed by atoms with Gasteiger partial charge in [-0.25, -0.2) is 8.42 Å². The molecule has 8 heteroatoms. The summed E-state index contributed by atoms with van der Waals surface area (Å²) in [6.45, 7) is 8.72. The lowest BCUT2D eigenvalue weighted by atomic mass is 10.1. The van der Waals surface area contributed by atoms with Crippen LogP contribution in [0.15, 0.2) is 41.3 Å². The largest absolute Gasteiger partial charge is 0.322 e. The van der Waals surface area contributed by atoms with Crippen LogP contribution in [0, 0.1) is 13.8 Å². The van der Waals surface area contributed by atoms with Gasteiger partial charge in [0.25, 0.3) is 5.91 Å². The van der Waals surface area contributed by atoms with Gasteiger partial charge in [-0.1, -0.05) is 13.8 Å². The van der Waals surface area contributed by atoms with E-state index in [0.717, 1.165) is 29.7 Å². The molecule has 0 aromatic heterocycles. The van der Waals surface area contributed by atoms with Crippen molar-refractivity contribution in [2.24, 2.45) is 0 Å². The standard InChI is InChI=1S/C24H31N3O4S/c1-5-26(6-2)32(30,31)21-15-17(3)18(4)22(16-21)25-24(29)19-10-12-20(13-11-19)27-14-8-7-9-23(27)28/h10-13,15-16H,5-9,14H2,1-4H3,(H,25,29). The molecule has 2 amide bonds. The van der Waals surface area contributed by atoms with Gasteiger partial charge in [0.2, 0.25) is 15.9 Å². The molecule has 1 heterocycles. The third-order valence-electron chi connectivity index (χ3n) is 6.00. The maximum Gasteiger partial charge on any atom is 0.255 e. The lowest BCUT2D eigenvalue weighted by molar-refractivity contribution is -0.119. The molecule has 0 radical (unpaired) electrons. The molecule has 3 rings (SSSR count). The Balaban J connectivity index is 1.84. The Bertz CT molecular complexity index is 1110. The molecule has 32 heavy (non-hydrogen) atoms. The van der Waals surface area contributed by atoms with Crippen molar-refractivity contribution in [1.29, 1.82) is 0 Å². The predicted octanol–water partition coefficient (Wildman–Crippen LogP) is 4.10. The molecule has 0 unspecified atom stereocenters. The van der Waals surface area contributed by atoms with E-state index >= 15 is 0 Å². The van der Waals surface area contributed by atoms with Crippen molar-refractivity contribution in [3.05, 3.63) is 53.1 Å². The van der Waals surface area contributed by atoms with E-state index < -0.39 is 10.0 Å². The first kappa shape index (κ1) is 23.9. The average molecular weight is 458 g/mol. The molecular weight excluding hydrogens is 426 g/mol. The highest BCUT2D eigenvalue weighted by atomic mass is 32.2. The summed E-state index contributed by atoms with van der Waals surface area (Å²) in [4.78, 5) is 26.9. The maximum atomic E-state index is 13.0. The van der Waals surface area contributed by atoms with Crippen molar-refractivity contribution < 1.29 is 18.0 Å². The number of nitrogens with zero attached hydrogens (tertiary/aromatic N) is 2. The number of piperidine rings is 1. The maximum absolute atomic E-state index is 13.0. The van der Waals surface area contributed by atoms with Crippen molar-refractivity contribution in [2.75, 3.05) is 29.9 Å². The van der Waals surface area contributed by atoms with Gasteiger partial charge in [0.15, 0.2) is 0 Å². The summed E-state index contributed by atoms with van der Waals surface area (Å²) in [5.41, 5.74) is 3.29. The topological polar surface area (TPSA) is 86.8 Å².